The Kier molecular flexibility index (Phi) is 6.48. The molecule has 1 N–H and O–H groups in total. The van der Waals surface area contributed by atoms with Crippen molar-refractivity contribution in [3.63, 3.8) is 0 Å². The number of esters is 1. The minimum Gasteiger partial charge on any atom is -0.452 e. The lowest BCUT2D eigenvalue weighted by atomic mass is 10.2. The molecule has 0 saturated heterocycles. The highest BCUT2D eigenvalue weighted by Gasteiger charge is 2.30. The van der Waals surface area contributed by atoms with Crippen LogP contribution in [0.2, 0.25) is 10.0 Å². The number of amides is 1. The molecule has 1 amide bonds. The summed E-state index contributed by atoms with van der Waals surface area (Å²) in [5, 5.41) is 0.281. The van der Waals surface area contributed by atoms with E-state index in [1.165, 1.54) is 25.1 Å². The van der Waals surface area contributed by atoms with Crippen LogP contribution < -0.4 is 9.62 Å². The van der Waals surface area contributed by atoms with E-state index in [0.29, 0.717) is 6.54 Å². The molecule has 1 aliphatic heterocycles. The molecule has 2 aromatic rings. The Hall–Kier alpha value is -2.13. The van der Waals surface area contributed by atoms with Crippen LogP contribution in [0.5, 0.6) is 0 Å². The van der Waals surface area contributed by atoms with Crippen LogP contribution in [0.15, 0.2) is 47.4 Å². The van der Waals surface area contributed by atoms with Crippen LogP contribution in [-0.2, 0) is 30.8 Å². The van der Waals surface area contributed by atoms with E-state index in [1.807, 2.05) is 24.3 Å². The van der Waals surface area contributed by atoms with E-state index in [9.17, 15) is 18.0 Å². The van der Waals surface area contributed by atoms with Gasteiger partial charge < -0.3 is 9.64 Å². The van der Waals surface area contributed by atoms with E-state index in [-0.39, 0.29) is 20.8 Å². The number of carbonyl (C=O) groups is 2. The highest BCUT2D eigenvalue weighted by molar-refractivity contribution is 7.89. The molecule has 1 aliphatic rings. The quantitative estimate of drug-likeness (QED) is 0.674. The monoisotopic (exact) mass is 456 g/mol. The van der Waals surface area contributed by atoms with Gasteiger partial charge in [0.2, 0.25) is 10.0 Å². The third-order valence-corrected chi connectivity index (χ3v) is 6.56. The number of ether oxygens (including phenoxy) is 1. The van der Waals surface area contributed by atoms with Crippen molar-refractivity contribution in [3.05, 3.63) is 58.1 Å². The van der Waals surface area contributed by atoms with Gasteiger partial charge in [0.15, 0.2) is 6.10 Å². The highest BCUT2D eigenvalue weighted by atomic mass is 35.5. The molecule has 7 nitrogen and oxygen atoms in total. The van der Waals surface area contributed by atoms with Crippen LogP contribution in [0.4, 0.5) is 5.69 Å². The van der Waals surface area contributed by atoms with E-state index in [0.717, 1.165) is 17.7 Å². The van der Waals surface area contributed by atoms with Crippen molar-refractivity contribution < 1.29 is 22.7 Å². The van der Waals surface area contributed by atoms with Crippen molar-refractivity contribution in [2.75, 3.05) is 18.0 Å². The predicted molar refractivity (Wildman–Crippen MR) is 110 cm³/mol. The molecule has 1 atom stereocenters. The molecule has 29 heavy (non-hydrogen) atoms. The second-order valence-corrected chi connectivity index (χ2v) is 8.98. The first-order chi connectivity index (χ1) is 13.7. The van der Waals surface area contributed by atoms with E-state index in [4.69, 9.17) is 27.9 Å². The van der Waals surface area contributed by atoms with Crippen molar-refractivity contribution in [2.45, 2.75) is 24.3 Å². The SMILES string of the molecule is CC(OC(=O)CNS(=O)(=O)c1ccc(Cl)c(Cl)c1)C(=O)N1CCc2ccccc21. The minimum atomic E-state index is -4.00. The molecular formula is C19H18Cl2N2O5S. The number of fused-ring (bicyclic) bond motifs is 1. The molecular weight excluding hydrogens is 439 g/mol. The van der Waals surface area contributed by atoms with Crippen LogP contribution in [0.25, 0.3) is 0 Å². The summed E-state index contributed by atoms with van der Waals surface area (Å²) in [7, 11) is -4.00. The highest BCUT2D eigenvalue weighted by Crippen LogP contribution is 2.28. The van der Waals surface area contributed by atoms with Gasteiger partial charge in [0.25, 0.3) is 5.91 Å². The zero-order valence-electron chi connectivity index (χ0n) is 15.4. The van der Waals surface area contributed by atoms with Gasteiger partial charge in [-0.05, 0) is 43.2 Å². The smallest absolute Gasteiger partial charge is 0.321 e. The van der Waals surface area contributed by atoms with Gasteiger partial charge in [-0.2, -0.15) is 4.72 Å². The average Bonchev–Trinajstić information content (AvgIpc) is 3.12. The summed E-state index contributed by atoms with van der Waals surface area (Å²) in [6, 6.07) is 11.3. The molecule has 3 rings (SSSR count). The first-order valence-electron chi connectivity index (χ1n) is 8.72. The van der Waals surface area contributed by atoms with E-state index >= 15 is 0 Å². The van der Waals surface area contributed by atoms with Gasteiger partial charge in [0, 0.05) is 12.2 Å². The van der Waals surface area contributed by atoms with Gasteiger partial charge in [-0.1, -0.05) is 41.4 Å². The third kappa shape index (κ3) is 4.90. The lowest BCUT2D eigenvalue weighted by Crippen LogP contribution is -2.41. The van der Waals surface area contributed by atoms with Gasteiger partial charge in [0.05, 0.1) is 14.9 Å². The molecule has 0 saturated carbocycles. The second-order valence-electron chi connectivity index (χ2n) is 6.40. The Balaban J connectivity index is 1.57. The van der Waals surface area contributed by atoms with Crippen molar-refractivity contribution in [2.24, 2.45) is 0 Å². The molecule has 2 aromatic carbocycles. The zero-order valence-corrected chi connectivity index (χ0v) is 17.7. The number of anilines is 1. The minimum absolute atomic E-state index is 0.0715. The summed E-state index contributed by atoms with van der Waals surface area (Å²) >= 11 is 11.6. The number of para-hydroxylation sites is 1. The standard InChI is InChI=1S/C19H18Cl2N2O5S/c1-12(19(25)23-9-8-13-4-2-3-5-17(13)23)28-18(24)11-22-29(26,27)14-6-7-15(20)16(21)10-14/h2-7,10,12,22H,8-9,11H2,1H3. The zero-order chi connectivity index (χ0) is 21.2. The van der Waals surface area contributed by atoms with Gasteiger partial charge in [-0.25, -0.2) is 8.42 Å². The van der Waals surface area contributed by atoms with Crippen LogP contribution in [0.1, 0.15) is 12.5 Å². The van der Waals surface area contributed by atoms with E-state index in [1.54, 1.807) is 4.90 Å². The Morgan fingerprint density at radius 2 is 1.90 bits per heavy atom. The van der Waals surface area contributed by atoms with Crippen LogP contribution >= 0.6 is 23.2 Å². The molecule has 0 bridgehead atoms. The Labute approximate surface area is 178 Å². The number of benzene rings is 2. The Morgan fingerprint density at radius 3 is 2.62 bits per heavy atom. The maximum Gasteiger partial charge on any atom is 0.321 e. The summed E-state index contributed by atoms with van der Waals surface area (Å²) in [4.78, 5) is 26.1. The molecule has 0 aromatic heterocycles. The lowest BCUT2D eigenvalue weighted by molar-refractivity contribution is -0.152. The third-order valence-electron chi connectivity index (χ3n) is 4.42. The van der Waals surface area contributed by atoms with Gasteiger partial charge >= 0.3 is 5.97 Å². The first-order valence-corrected chi connectivity index (χ1v) is 11.0. The van der Waals surface area contributed by atoms with Gasteiger partial charge in [-0.3, -0.25) is 9.59 Å². The molecule has 0 spiro atoms. The number of sulfonamides is 1. The number of hydrogen-bond acceptors (Lipinski definition) is 5. The maximum atomic E-state index is 12.6. The Morgan fingerprint density at radius 1 is 1.17 bits per heavy atom. The summed E-state index contributed by atoms with van der Waals surface area (Å²) in [6.45, 7) is 1.33. The molecule has 0 aliphatic carbocycles. The molecule has 1 unspecified atom stereocenters. The molecule has 1 heterocycles. The fourth-order valence-corrected chi connectivity index (χ4v) is 4.31. The van der Waals surface area contributed by atoms with Crippen LogP contribution in [0.3, 0.4) is 0 Å². The van der Waals surface area contributed by atoms with Crippen molar-refractivity contribution in [1.82, 2.24) is 4.72 Å². The fraction of sp³-hybridized carbons (Fsp3) is 0.263. The van der Waals surface area contributed by atoms with Gasteiger partial charge in [0.1, 0.15) is 6.54 Å². The first kappa shape index (κ1) is 21.6. The summed E-state index contributed by atoms with van der Waals surface area (Å²) in [6.07, 6.45) is -0.324. The normalized spacial score (nSPS) is 14.4. The van der Waals surface area contributed by atoms with Crippen molar-refractivity contribution in [1.29, 1.82) is 0 Å². The number of nitrogens with zero attached hydrogens (tertiary/aromatic N) is 1. The van der Waals surface area contributed by atoms with Crippen LogP contribution in [-0.4, -0.2) is 39.5 Å². The number of halogens is 2. The molecule has 154 valence electrons. The van der Waals surface area contributed by atoms with E-state index < -0.39 is 28.6 Å². The summed E-state index contributed by atoms with van der Waals surface area (Å²) < 4.78 is 31.8. The molecule has 0 radical (unpaired) electrons. The molecule has 10 heteroatoms. The molecule has 0 fully saturated rings. The van der Waals surface area contributed by atoms with Gasteiger partial charge in [-0.15, -0.1) is 0 Å². The fourth-order valence-electron chi connectivity index (χ4n) is 2.96. The largest absolute Gasteiger partial charge is 0.452 e. The average molecular weight is 457 g/mol. The number of carbonyl (C=O) groups excluding carboxylic acids is 2. The van der Waals surface area contributed by atoms with E-state index in [2.05, 4.69) is 4.72 Å². The number of rotatable bonds is 6. The predicted octanol–water partition coefficient (Wildman–Crippen LogP) is 2.79. The maximum absolute atomic E-state index is 12.6. The Bertz CT molecular complexity index is 1060. The number of nitrogens with one attached hydrogen (secondary N) is 1. The topological polar surface area (TPSA) is 92.8 Å². The second kappa shape index (κ2) is 8.71. The van der Waals surface area contributed by atoms with Crippen LogP contribution in [0, 0.1) is 0 Å². The van der Waals surface area contributed by atoms with Crippen molar-refractivity contribution >= 4 is 50.8 Å². The summed E-state index contributed by atoms with van der Waals surface area (Å²) in [5.41, 5.74) is 1.84. The van der Waals surface area contributed by atoms with Crippen molar-refractivity contribution in [3.8, 4) is 0 Å². The number of hydrogen-bond donors (Lipinski definition) is 1. The summed E-state index contributed by atoms with van der Waals surface area (Å²) in [5.74, 6) is -1.24. The lowest BCUT2D eigenvalue weighted by Gasteiger charge is -2.21.